The zero-order valence-electron chi connectivity index (χ0n) is 12.9. The molecule has 6 nitrogen and oxygen atoms in total. The van der Waals surface area contributed by atoms with Gasteiger partial charge in [-0.15, -0.1) is 0 Å². The maximum atomic E-state index is 12.3. The van der Waals surface area contributed by atoms with Crippen LogP contribution in [0.5, 0.6) is 0 Å². The predicted octanol–water partition coefficient (Wildman–Crippen LogP) is 1.42. The van der Waals surface area contributed by atoms with Gasteiger partial charge in [-0.2, -0.15) is 5.10 Å². The van der Waals surface area contributed by atoms with E-state index in [4.69, 9.17) is 4.98 Å². The van der Waals surface area contributed by atoms with E-state index < -0.39 is 0 Å². The first-order chi connectivity index (χ1) is 10.7. The summed E-state index contributed by atoms with van der Waals surface area (Å²) < 4.78 is 1.93. The van der Waals surface area contributed by atoms with Gasteiger partial charge in [0.2, 0.25) is 0 Å². The highest BCUT2D eigenvalue weighted by Crippen LogP contribution is 2.37. The van der Waals surface area contributed by atoms with E-state index in [1.54, 1.807) is 0 Å². The number of H-pyrrole nitrogens is 1. The third-order valence-corrected chi connectivity index (χ3v) is 4.55. The molecule has 3 heterocycles. The number of fused-ring (bicyclic) bond motifs is 1. The Morgan fingerprint density at radius 1 is 1.41 bits per heavy atom. The summed E-state index contributed by atoms with van der Waals surface area (Å²) >= 11 is 0. The molecule has 1 aliphatic heterocycles. The summed E-state index contributed by atoms with van der Waals surface area (Å²) in [6.45, 7) is 5.43. The zero-order valence-corrected chi connectivity index (χ0v) is 12.9. The Bertz CT molecular complexity index is 743. The Labute approximate surface area is 129 Å². The van der Waals surface area contributed by atoms with Gasteiger partial charge in [-0.05, 0) is 19.8 Å². The Morgan fingerprint density at radius 3 is 3.00 bits per heavy atom. The van der Waals surface area contributed by atoms with Crippen molar-refractivity contribution in [1.82, 2.24) is 24.6 Å². The molecule has 0 saturated heterocycles. The maximum absolute atomic E-state index is 12.3. The molecule has 4 rings (SSSR count). The Hall–Kier alpha value is -1.95. The fraction of sp³-hybridized carbons (Fsp3) is 0.562. The summed E-state index contributed by atoms with van der Waals surface area (Å²) in [4.78, 5) is 22.3. The minimum absolute atomic E-state index is 0.0563. The lowest BCUT2D eigenvalue weighted by Crippen LogP contribution is -2.35. The molecule has 0 atom stereocenters. The van der Waals surface area contributed by atoms with Gasteiger partial charge >= 0.3 is 0 Å². The van der Waals surface area contributed by atoms with Crippen LogP contribution in [0.2, 0.25) is 0 Å². The predicted molar refractivity (Wildman–Crippen MR) is 82.6 cm³/mol. The average Bonchev–Trinajstić information content (AvgIpc) is 3.28. The quantitative estimate of drug-likeness (QED) is 0.927. The van der Waals surface area contributed by atoms with Crippen LogP contribution in [0, 0.1) is 0 Å². The summed E-state index contributed by atoms with van der Waals surface area (Å²) in [5, 5.41) is 4.31. The van der Waals surface area contributed by atoms with Crippen LogP contribution in [0.1, 0.15) is 48.3 Å². The van der Waals surface area contributed by atoms with Crippen molar-refractivity contribution in [3.63, 3.8) is 0 Å². The molecule has 116 valence electrons. The highest BCUT2D eigenvalue weighted by Gasteiger charge is 2.29. The molecule has 6 heteroatoms. The second-order valence-electron chi connectivity index (χ2n) is 6.32. The topological polar surface area (TPSA) is 66.8 Å². The molecule has 0 radical (unpaired) electrons. The van der Waals surface area contributed by atoms with Gasteiger partial charge in [-0.3, -0.25) is 14.4 Å². The van der Waals surface area contributed by atoms with Crippen molar-refractivity contribution in [2.45, 2.75) is 51.7 Å². The Balaban J connectivity index is 1.52. The third-order valence-electron chi connectivity index (χ3n) is 4.55. The molecule has 1 aliphatic carbocycles. The summed E-state index contributed by atoms with van der Waals surface area (Å²) in [5.41, 5.74) is 3.11. The van der Waals surface area contributed by atoms with Gasteiger partial charge in [0.05, 0.1) is 17.5 Å². The molecule has 0 unspecified atom stereocenters. The molecule has 2 aliphatic rings. The standard InChI is InChI=1S/C16H21N5O/c1-2-21-9-11(7-17-21)8-20-6-5-14-13(10-20)16(22)19-15(18-14)12-3-4-12/h7,9,12H,2-6,8,10H2,1H3,(H,18,19,22). The molecule has 0 bridgehead atoms. The summed E-state index contributed by atoms with van der Waals surface area (Å²) in [7, 11) is 0. The van der Waals surface area contributed by atoms with Crippen molar-refractivity contribution in [3.05, 3.63) is 45.4 Å². The number of rotatable bonds is 4. The smallest absolute Gasteiger partial charge is 0.255 e. The fourth-order valence-corrected chi connectivity index (χ4v) is 3.10. The van der Waals surface area contributed by atoms with Crippen LogP contribution in [0.25, 0.3) is 0 Å². The van der Waals surface area contributed by atoms with Gasteiger partial charge in [0.15, 0.2) is 0 Å². The van der Waals surface area contributed by atoms with Crippen molar-refractivity contribution in [3.8, 4) is 0 Å². The Kier molecular flexibility index (Phi) is 3.33. The lowest BCUT2D eigenvalue weighted by Gasteiger charge is -2.27. The van der Waals surface area contributed by atoms with E-state index in [2.05, 4.69) is 28.1 Å². The highest BCUT2D eigenvalue weighted by molar-refractivity contribution is 5.23. The second kappa shape index (κ2) is 5.35. The maximum Gasteiger partial charge on any atom is 0.255 e. The van der Waals surface area contributed by atoms with Crippen LogP contribution in [-0.2, 0) is 26.1 Å². The van der Waals surface area contributed by atoms with Crippen LogP contribution >= 0.6 is 0 Å². The van der Waals surface area contributed by atoms with Gasteiger partial charge in [0, 0.05) is 50.3 Å². The van der Waals surface area contributed by atoms with Crippen molar-refractivity contribution < 1.29 is 0 Å². The largest absolute Gasteiger partial charge is 0.310 e. The molecular formula is C16H21N5O. The second-order valence-corrected chi connectivity index (χ2v) is 6.32. The molecule has 2 aromatic heterocycles. The van der Waals surface area contributed by atoms with Crippen LogP contribution in [0.3, 0.4) is 0 Å². The van der Waals surface area contributed by atoms with E-state index in [9.17, 15) is 4.79 Å². The summed E-state index contributed by atoms with van der Waals surface area (Å²) in [6, 6.07) is 0. The molecule has 0 spiro atoms. The minimum Gasteiger partial charge on any atom is -0.310 e. The monoisotopic (exact) mass is 299 g/mol. The summed E-state index contributed by atoms with van der Waals surface area (Å²) in [5.74, 6) is 1.40. The van der Waals surface area contributed by atoms with Crippen molar-refractivity contribution >= 4 is 0 Å². The van der Waals surface area contributed by atoms with Gasteiger partial charge in [-0.1, -0.05) is 0 Å². The molecule has 1 N–H and O–H groups in total. The molecule has 22 heavy (non-hydrogen) atoms. The number of hydrogen-bond donors (Lipinski definition) is 1. The van der Waals surface area contributed by atoms with Gasteiger partial charge < -0.3 is 4.98 Å². The van der Waals surface area contributed by atoms with Crippen molar-refractivity contribution in [1.29, 1.82) is 0 Å². The molecular weight excluding hydrogens is 278 g/mol. The molecule has 1 fully saturated rings. The molecule has 0 aromatic carbocycles. The molecule has 1 saturated carbocycles. The van der Waals surface area contributed by atoms with Gasteiger partial charge in [-0.25, -0.2) is 4.98 Å². The molecule has 0 amide bonds. The van der Waals surface area contributed by atoms with Crippen molar-refractivity contribution in [2.75, 3.05) is 6.54 Å². The number of nitrogens with zero attached hydrogens (tertiary/aromatic N) is 4. The first-order valence-electron chi connectivity index (χ1n) is 8.08. The number of aromatic nitrogens is 4. The van der Waals surface area contributed by atoms with E-state index in [0.29, 0.717) is 12.5 Å². The van der Waals surface area contributed by atoms with E-state index >= 15 is 0 Å². The molecule has 2 aromatic rings. The zero-order chi connectivity index (χ0) is 15.1. The number of nitrogens with one attached hydrogen (secondary N) is 1. The SMILES string of the molecule is CCn1cc(CN2CCc3nc(C4CC4)[nH]c(=O)c3C2)cn1. The van der Waals surface area contributed by atoms with Crippen LogP contribution in [0.4, 0.5) is 0 Å². The van der Waals surface area contributed by atoms with E-state index in [-0.39, 0.29) is 5.56 Å². The normalized spacial score (nSPS) is 18.4. The van der Waals surface area contributed by atoms with Crippen LogP contribution in [-0.4, -0.2) is 31.2 Å². The average molecular weight is 299 g/mol. The fourth-order valence-electron chi connectivity index (χ4n) is 3.10. The van der Waals surface area contributed by atoms with Crippen LogP contribution < -0.4 is 5.56 Å². The first-order valence-corrected chi connectivity index (χ1v) is 8.08. The third kappa shape index (κ3) is 2.59. The lowest BCUT2D eigenvalue weighted by atomic mass is 10.1. The lowest BCUT2D eigenvalue weighted by molar-refractivity contribution is 0.241. The number of aromatic amines is 1. The van der Waals surface area contributed by atoms with Crippen molar-refractivity contribution in [2.24, 2.45) is 0 Å². The number of aryl methyl sites for hydroxylation is 1. The Morgan fingerprint density at radius 2 is 2.27 bits per heavy atom. The summed E-state index contributed by atoms with van der Waals surface area (Å²) in [6.07, 6.45) is 7.18. The minimum atomic E-state index is 0.0563. The van der Waals surface area contributed by atoms with E-state index in [1.807, 2.05) is 10.9 Å². The van der Waals surface area contributed by atoms with Crippen LogP contribution in [0.15, 0.2) is 17.2 Å². The van der Waals surface area contributed by atoms with Gasteiger partial charge in [0.25, 0.3) is 5.56 Å². The number of hydrogen-bond acceptors (Lipinski definition) is 4. The van der Waals surface area contributed by atoms with E-state index in [0.717, 1.165) is 56.0 Å². The van der Waals surface area contributed by atoms with Gasteiger partial charge in [0.1, 0.15) is 5.82 Å². The highest BCUT2D eigenvalue weighted by atomic mass is 16.1. The first kappa shape index (κ1) is 13.7. The van der Waals surface area contributed by atoms with E-state index in [1.165, 1.54) is 5.56 Å².